The van der Waals surface area contributed by atoms with Gasteiger partial charge < -0.3 is 5.32 Å². The Hall–Kier alpha value is -1.12. The Morgan fingerprint density at radius 3 is 2.64 bits per heavy atom. The van der Waals surface area contributed by atoms with Crippen LogP contribution < -0.4 is 5.32 Å². The molecule has 0 aromatic heterocycles. The van der Waals surface area contributed by atoms with Crippen molar-refractivity contribution in [2.24, 2.45) is 10.9 Å². The molecule has 0 aromatic rings. The maximum absolute atomic E-state index is 11.3. The predicted molar refractivity (Wildman–Crippen MR) is 60.1 cm³/mol. The van der Waals surface area contributed by atoms with E-state index in [1.807, 2.05) is 19.9 Å². The number of hydrogen-bond acceptors (Lipinski definition) is 2. The standard InChI is InChI=1S/C11H20N2O/c1-5-6-7-10(12-4)13-11(14)8-9(2)3/h7,9H,4-6,8H2,1-3H3,(H,13,14)/b10-7+. The molecule has 80 valence electrons. The van der Waals surface area contributed by atoms with Crippen LogP contribution in [0.5, 0.6) is 0 Å². The Morgan fingerprint density at radius 1 is 1.57 bits per heavy atom. The van der Waals surface area contributed by atoms with Gasteiger partial charge in [0.05, 0.1) is 0 Å². The third-order valence-electron chi connectivity index (χ3n) is 1.66. The number of allylic oxidation sites excluding steroid dienone is 1. The zero-order valence-electron chi connectivity index (χ0n) is 9.34. The highest BCUT2D eigenvalue weighted by molar-refractivity contribution is 5.78. The minimum Gasteiger partial charge on any atom is -0.311 e. The third kappa shape index (κ3) is 6.40. The maximum atomic E-state index is 11.3. The van der Waals surface area contributed by atoms with Crippen LogP contribution in [-0.4, -0.2) is 12.6 Å². The monoisotopic (exact) mass is 196 g/mol. The van der Waals surface area contributed by atoms with Gasteiger partial charge in [0.15, 0.2) is 0 Å². The molecule has 3 nitrogen and oxygen atoms in total. The second-order valence-corrected chi connectivity index (χ2v) is 3.68. The molecule has 0 saturated heterocycles. The molecular formula is C11H20N2O. The molecule has 0 rings (SSSR count). The second-order valence-electron chi connectivity index (χ2n) is 3.68. The van der Waals surface area contributed by atoms with Gasteiger partial charge in [0.25, 0.3) is 0 Å². The molecule has 0 radical (unpaired) electrons. The van der Waals surface area contributed by atoms with Crippen molar-refractivity contribution in [1.29, 1.82) is 0 Å². The number of carbonyl (C=O) groups excluding carboxylic acids is 1. The predicted octanol–water partition coefficient (Wildman–Crippen LogP) is 2.49. The van der Waals surface area contributed by atoms with E-state index in [0.29, 0.717) is 18.2 Å². The molecule has 0 spiro atoms. The summed E-state index contributed by atoms with van der Waals surface area (Å²) in [5.41, 5.74) is 0. The summed E-state index contributed by atoms with van der Waals surface area (Å²) in [6.07, 6.45) is 4.37. The van der Waals surface area contributed by atoms with Gasteiger partial charge in [0, 0.05) is 6.42 Å². The van der Waals surface area contributed by atoms with Crippen molar-refractivity contribution in [1.82, 2.24) is 5.32 Å². The first-order valence-electron chi connectivity index (χ1n) is 5.06. The second kappa shape index (κ2) is 7.30. The van der Waals surface area contributed by atoms with E-state index >= 15 is 0 Å². The molecule has 14 heavy (non-hydrogen) atoms. The number of nitrogens with zero attached hydrogens (tertiary/aromatic N) is 1. The highest BCUT2D eigenvalue weighted by Crippen LogP contribution is 2.01. The van der Waals surface area contributed by atoms with Crippen LogP contribution in [0, 0.1) is 5.92 Å². The quantitative estimate of drug-likeness (QED) is 0.651. The molecule has 0 fully saturated rings. The Balaban J connectivity index is 4.04. The van der Waals surface area contributed by atoms with E-state index in [0.717, 1.165) is 12.8 Å². The lowest BCUT2D eigenvalue weighted by Crippen LogP contribution is -2.23. The lowest BCUT2D eigenvalue weighted by molar-refractivity contribution is -0.121. The van der Waals surface area contributed by atoms with E-state index < -0.39 is 0 Å². The minimum atomic E-state index is 0.00903. The van der Waals surface area contributed by atoms with Crippen LogP contribution in [0.15, 0.2) is 16.9 Å². The van der Waals surface area contributed by atoms with Gasteiger partial charge in [-0.2, -0.15) is 0 Å². The molecular weight excluding hydrogens is 176 g/mol. The van der Waals surface area contributed by atoms with Crippen molar-refractivity contribution in [3.63, 3.8) is 0 Å². The van der Waals surface area contributed by atoms with Crippen LogP contribution in [0.4, 0.5) is 0 Å². The van der Waals surface area contributed by atoms with Gasteiger partial charge in [-0.15, -0.1) is 0 Å². The first kappa shape index (κ1) is 12.9. The van der Waals surface area contributed by atoms with Gasteiger partial charge in [-0.05, 0) is 25.1 Å². The summed E-state index contributed by atoms with van der Waals surface area (Å²) in [5.74, 6) is 0.958. The Kier molecular flexibility index (Phi) is 6.72. The number of nitrogens with one attached hydrogen (secondary N) is 1. The molecule has 3 heteroatoms. The molecule has 0 unspecified atom stereocenters. The first-order valence-corrected chi connectivity index (χ1v) is 5.06. The first-order chi connectivity index (χ1) is 6.60. The summed E-state index contributed by atoms with van der Waals surface area (Å²) in [5, 5.41) is 2.73. The molecule has 1 N–H and O–H groups in total. The molecule has 0 aliphatic rings. The Bertz CT molecular complexity index is 219. The van der Waals surface area contributed by atoms with Crippen LogP contribution in [0.1, 0.15) is 40.0 Å². The lowest BCUT2D eigenvalue weighted by Gasteiger charge is -2.06. The van der Waals surface area contributed by atoms with Crippen molar-refractivity contribution >= 4 is 12.6 Å². The number of rotatable bonds is 6. The number of hydrogen-bond donors (Lipinski definition) is 1. The van der Waals surface area contributed by atoms with E-state index in [1.165, 1.54) is 0 Å². The van der Waals surface area contributed by atoms with Crippen LogP contribution in [-0.2, 0) is 4.79 Å². The number of unbranched alkanes of at least 4 members (excludes halogenated alkanes) is 1. The fraction of sp³-hybridized carbons (Fsp3) is 0.636. The molecule has 0 heterocycles. The third-order valence-corrected chi connectivity index (χ3v) is 1.66. The van der Waals surface area contributed by atoms with Crippen LogP contribution in [0.25, 0.3) is 0 Å². The van der Waals surface area contributed by atoms with E-state index in [2.05, 4.69) is 24.0 Å². The smallest absolute Gasteiger partial charge is 0.225 e. The van der Waals surface area contributed by atoms with Crippen molar-refractivity contribution in [2.45, 2.75) is 40.0 Å². The lowest BCUT2D eigenvalue weighted by atomic mass is 10.1. The van der Waals surface area contributed by atoms with Crippen LogP contribution in [0.3, 0.4) is 0 Å². The topological polar surface area (TPSA) is 41.5 Å². The highest BCUT2D eigenvalue weighted by atomic mass is 16.1. The molecule has 0 aromatic carbocycles. The number of carbonyl (C=O) groups is 1. The zero-order chi connectivity index (χ0) is 11.0. The Labute approximate surface area is 86.3 Å². The summed E-state index contributed by atoms with van der Waals surface area (Å²) in [6, 6.07) is 0. The fourth-order valence-electron chi connectivity index (χ4n) is 1.00. The summed E-state index contributed by atoms with van der Waals surface area (Å²) < 4.78 is 0. The van der Waals surface area contributed by atoms with Gasteiger partial charge in [0.2, 0.25) is 5.91 Å². The minimum absolute atomic E-state index is 0.00903. The van der Waals surface area contributed by atoms with Crippen LogP contribution >= 0.6 is 0 Å². The molecule has 0 saturated carbocycles. The number of aliphatic imine (C=N–C) groups is 1. The van der Waals surface area contributed by atoms with E-state index in [4.69, 9.17) is 0 Å². The largest absolute Gasteiger partial charge is 0.311 e. The van der Waals surface area contributed by atoms with Gasteiger partial charge in [-0.3, -0.25) is 4.79 Å². The fourth-order valence-corrected chi connectivity index (χ4v) is 1.00. The molecule has 1 amide bonds. The average molecular weight is 196 g/mol. The molecule has 0 bridgehead atoms. The summed E-state index contributed by atoms with van der Waals surface area (Å²) in [6.45, 7) is 9.51. The van der Waals surface area contributed by atoms with Crippen LogP contribution in [0.2, 0.25) is 0 Å². The van der Waals surface area contributed by atoms with E-state index in [9.17, 15) is 4.79 Å². The van der Waals surface area contributed by atoms with E-state index in [-0.39, 0.29) is 5.91 Å². The number of amides is 1. The molecule has 0 aliphatic carbocycles. The van der Waals surface area contributed by atoms with Gasteiger partial charge >= 0.3 is 0 Å². The van der Waals surface area contributed by atoms with Crippen molar-refractivity contribution in [3.05, 3.63) is 11.9 Å². The van der Waals surface area contributed by atoms with Crippen molar-refractivity contribution in [3.8, 4) is 0 Å². The van der Waals surface area contributed by atoms with Gasteiger partial charge in [-0.25, -0.2) is 4.99 Å². The summed E-state index contributed by atoms with van der Waals surface area (Å²) >= 11 is 0. The highest BCUT2D eigenvalue weighted by Gasteiger charge is 2.05. The maximum Gasteiger partial charge on any atom is 0.225 e. The summed E-state index contributed by atoms with van der Waals surface area (Å²) in [4.78, 5) is 15.1. The molecule has 0 aliphatic heterocycles. The normalized spacial score (nSPS) is 11.6. The summed E-state index contributed by atoms with van der Waals surface area (Å²) in [7, 11) is 0. The van der Waals surface area contributed by atoms with E-state index in [1.54, 1.807) is 0 Å². The van der Waals surface area contributed by atoms with Crippen molar-refractivity contribution < 1.29 is 4.79 Å². The average Bonchev–Trinajstić information content (AvgIpc) is 2.10. The van der Waals surface area contributed by atoms with Gasteiger partial charge in [-0.1, -0.05) is 27.2 Å². The van der Waals surface area contributed by atoms with Crippen molar-refractivity contribution in [2.75, 3.05) is 0 Å². The SMILES string of the molecule is C=N/C(=C\CCC)NC(=O)CC(C)C. The molecule has 0 atom stereocenters. The van der Waals surface area contributed by atoms with Gasteiger partial charge in [0.1, 0.15) is 5.82 Å². The Morgan fingerprint density at radius 2 is 2.21 bits per heavy atom. The zero-order valence-corrected chi connectivity index (χ0v) is 9.34.